The van der Waals surface area contributed by atoms with Crippen molar-refractivity contribution < 1.29 is 4.79 Å². The lowest BCUT2D eigenvalue weighted by molar-refractivity contribution is -0.120. The molecule has 0 saturated carbocycles. The molecule has 0 bridgehead atoms. The molecule has 1 atom stereocenters. The van der Waals surface area contributed by atoms with Crippen molar-refractivity contribution in [2.45, 2.75) is 25.8 Å². The van der Waals surface area contributed by atoms with Gasteiger partial charge in [-0.25, -0.2) is 0 Å². The summed E-state index contributed by atoms with van der Waals surface area (Å²) in [6, 6.07) is 12.7. The summed E-state index contributed by atoms with van der Waals surface area (Å²) in [5, 5.41) is 8.05. The predicted molar refractivity (Wildman–Crippen MR) is 96.5 cm³/mol. The van der Waals surface area contributed by atoms with Crippen LogP contribution in [0.4, 0.5) is 0 Å². The van der Waals surface area contributed by atoms with Crippen LogP contribution in [0.15, 0.2) is 41.8 Å². The molecule has 0 aliphatic carbocycles. The Morgan fingerprint density at radius 3 is 2.48 bits per heavy atom. The summed E-state index contributed by atoms with van der Waals surface area (Å²) in [6.45, 7) is 4.85. The van der Waals surface area contributed by atoms with E-state index < -0.39 is 0 Å². The molecule has 1 aromatic carbocycles. The average Bonchev–Trinajstić information content (AvgIpc) is 3.08. The number of thiophene rings is 1. The quantitative estimate of drug-likeness (QED) is 0.767. The van der Waals surface area contributed by atoms with Crippen LogP contribution >= 0.6 is 11.3 Å². The van der Waals surface area contributed by atoms with Gasteiger partial charge in [0, 0.05) is 4.88 Å². The molecule has 0 aliphatic rings. The van der Waals surface area contributed by atoms with Crippen molar-refractivity contribution in [1.29, 1.82) is 0 Å². The molecule has 2 N–H and O–H groups in total. The van der Waals surface area contributed by atoms with Crippen LogP contribution in [0.5, 0.6) is 0 Å². The number of carbonyl (C=O) groups excluding carboxylic acids is 1. The van der Waals surface area contributed by atoms with Gasteiger partial charge in [0.05, 0.1) is 19.1 Å². The number of terminal acetylenes is 1. The molecule has 1 amide bonds. The minimum atomic E-state index is -0.0942. The molecule has 3 nitrogen and oxygen atoms in total. The zero-order valence-corrected chi connectivity index (χ0v) is 14.3. The van der Waals surface area contributed by atoms with E-state index in [0.717, 1.165) is 5.56 Å². The number of rotatable bonds is 7. The Morgan fingerprint density at radius 1 is 1.22 bits per heavy atom. The van der Waals surface area contributed by atoms with Gasteiger partial charge in [0.15, 0.2) is 0 Å². The Hall–Kier alpha value is -2.09. The van der Waals surface area contributed by atoms with Crippen LogP contribution in [-0.2, 0) is 4.79 Å². The number of hydrogen-bond donors (Lipinski definition) is 2. The standard InChI is InChI=1S/C19H22N2OS/c1-4-11-20-18(22)13-21-19(17-6-5-12-23-17)16-9-7-15(8-10-16)14(2)3/h1,5-10,12,14,19,21H,11,13H2,2-3H3,(H,20,22)/t19-/m1/s1. The number of carbonyl (C=O) groups is 1. The molecule has 23 heavy (non-hydrogen) atoms. The van der Waals surface area contributed by atoms with Gasteiger partial charge in [0.1, 0.15) is 0 Å². The van der Waals surface area contributed by atoms with Gasteiger partial charge in [-0.1, -0.05) is 50.1 Å². The molecule has 0 fully saturated rings. The van der Waals surface area contributed by atoms with E-state index in [0.29, 0.717) is 5.92 Å². The Kier molecular flexibility index (Phi) is 6.40. The van der Waals surface area contributed by atoms with E-state index >= 15 is 0 Å². The zero-order valence-electron chi connectivity index (χ0n) is 13.5. The molecule has 4 heteroatoms. The zero-order chi connectivity index (χ0) is 16.7. The predicted octanol–water partition coefficient (Wildman–Crippen LogP) is 3.30. The van der Waals surface area contributed by atoms with E-state index in [1.165, 1.54) is 10.4 Å². The molecular weight excluding hydrogens is 304 g/mol. The van der Waals surface area contributed by atoms with E-state index in [9.17, 15) is 4.79 Å². The van der Waals surface area contributed by atoms with Crippen molar-refractivity contribution >= 4 is 17.2 Å². The molecular formula is C19H22N2OS. The summed E-state index contributed by atoms with van der Waals surface area (Å²) >= 11 is 1.68. The molecule has 120 valence electrons. The topological polar surface area (TPSA) is 41.1 Å². The fourth-order valence-electron chi connectivity index (χ4n) is 2.32. The van der Waals surface area contributed by atoms with E-state index in [1.54, 1.807) is 11.3 Å². The highest BCUT2D eigenvalue weighted by atomic mass is 32.1. The first-order chi connectivity index (χ1) is 11.1. The summed E-state index contributed by atoms with van der Waals surface area (Å²) in [5.41, 5.74) is 2.46. The summed E-state index contributed by atoms with van der Waals surface area (Å²) in [5.74, 6) is 2.82. The van der Waals surface area contributed by atoms with E-state index in [-0.39, 0.29) is 25.0 Å². The molecule has 2 aromatic rings. The Bertz CT molecular complexity index is 654. The minimum Gasteiger partial charge on any atom is -0.344 e. The Balaban J connectivity index is 2.12. The summed E-state index contributed by atoms with van der Waals surface area (Å²) < 4.78 is 0. The number of amides is 1. The maximum atomic E-state index is 11.8. The first kappa shape index (κ1) is 17.3. The minimum absolute atomic E-state index is 0.00722. The SMILES string of the molecule is C#CCNC(=O)CN[C@H](c1ccc(C(C)C)cc1)c1cccs1. The van der Waals surface area contributed by atoms with Gasteiger partial charge in [-0.15, -0.1) is 17.8 Å². The molecule has 0 unspecified atom stereocenters. The normalized spacial score (nSPS) is 11.9. The van der Waals surface area contributed by atoms with Crippen molar-refractivity contribution in [2.24, 2.45) is 0 Å². The Labute approximate surface area is 142 Å². The van der Waals surface area contributed by atoms with Crippen molar-refractivity contribution in [1.82, 2.24) is 10.6 Å². The van der Waals surface area contributed by atoms with Gasteiger partial charge in [0.2, 0.25) is 5.91 Å². The summed E-state index contributed by atoms with van der Waals surface area (Å²) in [7, 11) is 0. The van der Waals surface area contributed by atoms with Crippen molar-refractivity contribution in [2.75, 3.05) is 13.1 Å². The second-order valence-electron chi connectivity index (χ2n) is 5.63. The molecule has 0 saturated heterocycles. The molecule has 1 aromatic heterocycles. The summed E-state index contributed by atoms with van der Waals surface area (Å²) in [4.78, 5) is 13.0. The highest BCUT2D eigenvalue weighted by molar-refractivity contribution is 7.10. The van der Waals surface area contributed by atoms with Gasteiger partial charge < -0.3 is 5.32 Å². The highest BCUT2D eigenvalue weighted by Gasteiger charge is 2.16. The van der Waals surface area contributed by atoms with Gasteiger partial charge in [-0.05, 0) is 28.5 Å². The summed E-state index contributed by atoms with van der Waals surface area (Å²) in [6.07, 6.45) is 5.16. The third kappa shape index (κ3) is 4.95. The van der Waals surface area contributed by atoms with Crippen LogP contribution in [0, 0.1) is 12.3 Å². The maximum Gasteiger partial charge on any atom is 0.234 e. The largest absolute Gasteiger partial charge is 0.344 e. The first-order valence-corrected chi connectivity index (χ1v) is 8.56. The van der Waals surface area contributed by atoms with Gasteiger partial charge >= 0.3 is 0 Å². The number of benzene rings is 1. The highest BCUT2D eigenvalue weighted by Crippen LogP contribution is 2.27. The lowest BCUT2D eigenvalue weighted by Gasteiger charge is -2.18. The van der Waals surface area contributed by atoms with Crippen LogP contribution in [0.2, 0.25) is 0 Å². The maximum absolute atomic E-state index is 11.8. The average molecular weight is 326 g/mol. The fourth-order valence-corrected chi connectivity index (χ4v) is 3.15. The van der Waals surface area contributed by atoms with Crippen molar-refractivity contribution in [3.63, 3.8) is 0 Å². The third-order valence-corrected chi connectivity index (χ3v) is 4.56. The van der Waals surface area contributed by atoms with E-state index in [2.05, 4.69) is 60.7 Å². The smallest absolute Gasteiger partial charge is 0.234 e. The van der Waals surface area contributed by atoms with Crippen LogP contribution < -0.4 is 10.6 Å². The molecule has 0 spiro atoms. The van der Waals surface area contributed by atoms with Crippen LogP contribution in [0.25, 0.3) is 0 Å². The molecule has 0 aliphatic heterocycles. The van der Waals surface area contributed by atoms with Crippen molar-refractivity contribution in [3.05, 3.63) is 57.8 Å². The molecule has 0 radical (unpaired) electrons. The molecule has 1 heterocycles. The van der Waals surface area contributed by atoms with Gasteiger partial charge in [-0.3, -0.25) is 10.1 Å². The second kappa shape index (κ2) is 8.52. The number of nitrogens with one attached hydrogen (secondary N) is 2. The molecule has 2 rings (SSSR count). The lowest BCUT2D eigenvalue weighted by atomic mass is 9.98. The first-order valence-electron chi connectivity index (χ1n) is 7.68. The van der Waals surface area contributed by atoms with E-state index in [4.69, 9.17) is 6.42 Å². The Morgan fingerprint density at radius 2 is 1.91 bits per heavy atom. The fraction of sp³-hybridized carbons (Fsp3) is 0.316. The van der Waals surface area contributed by atoms with Crippen LogP contribution in [-0.4, -0.2) is 19.0 Å². The van der Waals surface area contributed by atoms with Gasteiger partial charge in [-0.2, -0.15) is 0 Å². The monoisotopic (exact) mass is 326 g/mol. The van der Waals surface area contributed by atoms with Crippen LogP contribution in [0.3, 0.4) is 0 Å². The lowest BCUT2D eigenvalue weighted by Crippen LogP contribution is -2.36. The van der Waals surface area contributed by atoms with Crippen LogP contribution in [0.1, 0.15) is 41.8 Å². The number of hydrogen-bond acceptors (Lipinski definition) is 3. The van der Waals surface area contributed by atoms with E-state index in [1.807, 2.05) is 11.4 Å². The van der Waals surface area contributed by atoms with Gasteiger partial charge in [0.25, 0.3) is 0 Å². The second-order valence-corrected chi connectivity index (χ2v) is 6.61. The van der Waals surface area contributed by atoms with Crippen molar-refractivity contribution in [3.8, 4) is 12.3 Å². The third-order valence-electron chi connectivity index (χ3n) is 3.62.